The van der Waals surface area contributed by atoms with Crippen molar-refractivity contribution in [3.8, 4) is 5.75 Å². The summed E-state index contributed by atoms with van der Waals surface area (Å²) in [5.41, 5.74) is 3.41. The lowest BCUT2D eigenvalue weighted by Gasteiger charge is -2.11. The van der Waals surface area contributed by atoms with Gasteiger partial charge in [0.2, 0.25) is 0 Å². The summed E-state index contributed by atoms with van der Waals surface area (Å²) in [7, 11) is 0. The van der Waals surface area contributed by atoms with Crippen molar-refractivity contribution < 1.29 is 14.6 Å². The lowest BCUT2D eigenvalue weighted by Crippen LogP contribution is -2.33. The number of carbonyl (C=O) groups is 1. The third-order valence-corrected chi connectivity index (χ3v) is 3.56. The molecule has 0 heterocycles. The number of carboxylic acid groups (broad SMARTS) is 1. The Hall–Kier alpha value is -2.33. The molecule has 0 aliphatic rings. The summed E-state index contributed by atoms with van der Waals surface area (Å²) >= 11 is 0. The van der Waals surface area contributed by atoms with Crippen LogP contribution in [0.1, 0.15) is 23.6 Å². The second-order valence-electron chi connectivity index (χ2n) is 5.30. The van der Waals surface area contributed by atoms with E-state index in [0.29, 0.717) is 13.2 Å². The zero-order valence-electron chi connectivity index (χ0n) is 12.9. The Morgan fingerprint density at radius 1 is 1.18 bits per heavy atom. The number of hydrogen-bond acceptors (Lipinski definition) is 3. The maximum absolute atomic E-state index is 10.7. The third kappa shape index (κ3) is 4.60. The van der Waals surface area contributed by atoms with E-state index < -0.39 is 12.0 Å². The van der Waals surface area contributed by atoms with E-state index in [1.807, 2.05) is 36.4 Å². The van der Waals surface area contributed by atoms with Gasteiger partial charge >= 0.3 is 5.97 Å². The average Bonchev–Trinajstić information content (AvgIpc) is 2.52. The van der Waals surface area contributed by atoms with Crippen LogP contribution in [0, 0.1) is 6.92 Å². The second kappa shape index (κ2) is 7.61. The Labute approximate surface area is 130 Å². The zero-order valence-corrected chi connectivity index (χ0v) is 12.9. The molecule has 0 unspecified atom stereocenters. The van der Waals surface area contributed by atoms with Gasteiger partial charge in [0.1, 0.15) is 18.4 Å². The van der Waals surface area contributed by atoms with Gasteiger partial charge in [0.05, 0.1) is 0 Å². The molecule has 0 spiro atoms. The number of hydrogen-bond donors (Lipinski definition) is 2. The standard InChI is InChI=1S/C18H21NO3/c1-13-5-3-4-6-16(13)12-22-17-9-7-15(8-10-17)11-19-14(2)18(20)21/h3-10,14,19H,11-12H2,1-2H3,(H,20,21)/t14-/m1/s1. The molecule has 2 rings (SSSR count). The molecular formula is C18H21NO3. The second-order valence-corrected chi connectivity index (χ2v) is 5.30. The van der Waals surface area contributed by atoms with Crippen LogP contribution in [0.25, 0.3) is 0 Å². The Morgan fingerprint density at radius 2 is 1.86 bits per heavy atom. The third-order valence-electron chi connectivity index (χ3n) is 3.56. The minimum Gasteiger partial charge on any atom is -0.489 e. The summed E-state index contributed by atoms with van der Waals surface area (Å²) in [5, 5.41) is 11.8. The van der Waals surface area contributed by atoms with Crippen LogP contribution in [0.4, 0.5) is 0 Å². The van der Waals surface area contributed by atoms with E-state index in [1.54, 1.807) is 6.92 Å². The maximum Gasteiger partial charge on any atom is 0.320 e. The van der Waals surface area contributed by atoms with Gasteiger partial charge < -0.3 is 15.2 Å². The normalized spacial score (nSPS) is 11.9. The Morgan fingerprint density at radius 3 is 2.50 bits per heavy atom. The van der Waals surface area contributed by atoms with Crippen molar-refractivity contribution in [2.45, 2.75) is 33.0 Å². The largest absolute Gasteiger partial charge is 0.489 e. The van der Waals surface area contributed by atoms with Crippen LogP contribution >= 0.6 is 0 Å². The van der Waals surface area contributed by atoms with E-state index in [-0.39, 0.29) is 0 Å². The number of ether oxygens (including phenoxy) is 1. The van der Waals surface area contributed by atoms with Gasteiger partial charge in [-0.3, -0.25) is 4.79 Å². The predicted molar refractivity (Wildman–Crippen MR) is 85.9 cm³/mol. The fourth-order valence-electron chi connectivity index (χ4n) is 1.99. The van der Waals surface area contributed by atoms with Gasteiger partial charge in [-0.25, -0.2) is 0 Å². The first kappa shape index (κ1) is 16.0. The molecule has 2 aromatic carbocycles. The molecule has 22 heavy (non-hydrogen) atoms. The van der Waals surface area contributed by atoms with Crippen LogP contribution < -0.4 is 10.1 Å². The average molecular weight is 299 g/mol. The molecule has 2 N–H and O–H groups in total. The van der Waals surface area contributed by atoms with Gasteiger partial charge in [-0.2, -0.15) is 0 Å². The highest BCUT2D eigenvalue weighted by atomic mass is 16.5. The van der Waals surface area contributed by atoms with Crippen molar-refractivity contribution in [2.24, 2.45) is 0 Å². The topological polar surface area (TPSA) is 58.6 Å². The Bertz CT molecular complexity index is 622. The molecule has 0 aliphatic carbocycles. The highest BCUT2D eigenvalue weighted by Gasteiger charge is 2.09. The molecule has 1 atom stereocenters. The molecule has 0 saturated carbocycles. The molecule has 0 radical (unpaired) electrons. The lowest BCUT2D eigenvalue weighted by atomic mass is 10.1. The molecule has 0 saturated heterocycles. The number of carboxylic acids is 1. The number of aryl methyl sites for hydroxylation is 1. The molecule has 4 heteroatoms. The van der Waals surface area contributed by atoms with Crippen molar-refractivity contribution >= 4 is 5.97 Å². The summed E-state index contributed by atoms with van der Waals surface area (Å²) in [6, 6.07) is 15.3. The number of aliphatic carboxylic acids is 1. The van der Waals surface area contributed by atoms with Crippen molar-refractivity contribution in [3.63, 3.8) is 0 Å². The number of rotatable bonds is 7. The van der Waals surface area contributed by atoms with E-state index in [4.69, 9.17) is 9.84 Å². The van der Waals surface area contributed by atoms with E-state index in [1.165, 1.54) is 11.1 Å². The molecule has 4 nitrogen and oxygen atoms in total. The molecule has 0 fully saturated rings. The van der Waals surface area contributed by atoms with Crippen LogP contribution in [0.5, 0.6) is 5.75 Å². The van der Waals surface area contributed by atoms with Crippen molar-refractivity contribution in [1.82, 2.24) is 5.32 Å². The van der Waals surface area contributed by atoms with Gasteiger partial charge in [0.15, 0.2) is 0 Å². The molecule has 0 amide bonds. The quantitative estimate of drug-likeness (QED) is 0.824. The minimum atomic E-state index is -0.849. The zero-order chi connectivity index (χ0) is 15.9. The molecule has 2 aromatic rings. The van der Waals surface area contributed by atoms with Gasteiger partial charge in [-0.1, -0.05) is 36.4 Å². The smallest absolute Gasteiger partial charge is 0.320 e. The first-order chi connectivity index (χ1) is 10.6. The van der Waals surface area contributed by atoms with Crippen LogP contribution in [0.2, 0.25) is 0 Å². The maximum atomic E-state index is 10.7. The first-order valence-corrected chi connectivity index (χ1v) is 7.28. The van der Waals surface area contributed by atoms with Gasteiger partial charge in [-0.05, 0) is 42.7 Å². The van der Waals surface area contributed by atoms with E-state index in [9.17, 15) is 4.79 Å². The summed E-state index contributed by atoms with van der Waals surface area (Å²) in [6.45, 7) is 4.75. The SMILES string of the molecule is Cc1ccccc1COc1ccc(CN[C@H](C)C(=O)O)cc1. The van der Waals surface area contributed by atoms with E-state index >= 15 is 0 Å². The highest BCUT2D eigenvalue weighted by molar-refractivity contribution is 5.72. The molecular weight excluding hydrogens is 278 g/mol. The van der Waals surface area contributed by atoms with E-state index in [2.05, 4.69) is 24.4 Å². The van der Waals surface area contributed by atoms with Crippen LogP contribution in [-0.2, 0) is 17.9 Å². The molecule has 0 aliphatic heterocycles. The predicted octanol–water partition coefficient (Wildman–Crippen LogP) is 3.14. The number of nitrogens with one attached hydrogen (secondary N) is 1. The monoisotopic (exact) mass is 299 g/mol. The molecule has 0 aromatic heterocycles. The first-order valence-electron chi connectivity index (χ1n) is 7.28. The Kier molecular flexibility index (Phi) is 5.55. The Balaban J connectivity index is 1.87. The van der Waals surface area contributed by atoms with Gasteiger partial charge in [0, 0.05) is 6.54 Å². The summed E-state index contributed by atoms with van der Waals surface area (Å²) in [6.07, 6.45) is 0. The number of benzene rings is 2. The van der Waals surface area contributed by atoms with E-state index in [0.717, 1.165) is 11.3 Å². The van der Waals surface area contributed by atoms with Crippen LogP contribution in [-0.4, -0.2) is 17.1 Å². The summed E-state index contributed by atoms with van der Waals surface area (Å²) < 4.78 is 5.78. The van der Waals surface area contributed by atoms with Crippen LogP contribution in [0.3, 0.4) is 0 Å². The minimum absolute atomic E-state index is 0.519. The summed E-state index contributed by atoms with van der Waals surface area (Å²) in [4.78, 5) is 10.7. The van der Waals surface area contributed by atoms with Gasteiger partial charge in [0.25, 0.3) is 0 Å². The van der Waals surface area contributed by atoms with Crippen molar-refractivity contribution in [3.05, 3.63) is 65.2 Å². The van der Waals surface area contributed by atoms with Crippen molar-refractivity contribution in [1.29, 1.82) is 0 Å². The summed E-state index contributed by atoms with van der Waals surface area (Å²) in [5.74, 6) is -0.0449. The van der Waals surface area contributed by atoms with Gasteiger partial charge in [-0.15, -0.1) is 0 Å². The molecule has 116 valence electrons. The van der Waals surface area contributed by atoms with Crippen molar-refractivity contribution in [2.75, 3.05) is 0 Å². The highest BCUT2D eigenvalue weighted by Crippen LogP contribution is 2.15. The fraction of sp³-hybridized carbons (Fsp3) is 0.278. The van der Waals surface area contributed by atoms with Crippen LogP contribution in [0.15, 0.2) is 48.5 Å². The lowest BCUT2D eigenvalue weighted by molar-refractivity contribution is -0.139. The molecule has 0 bridgehead atoms. The fourth-order valence-corrected chi connectivity index (χ4v) is 1.99.